The topological polar surface area (TPSA) is 61.4 Å². The maximum Gasteiger partial charge on any atom is 0.318 e. The number of amides is 2. The van der Waals surface area contributed by atoms with Gasteiger partial charge in [-0.1, -0.05) is 13.8 Å². The van der Waals surface area contributed by atoms with Gasteiger partial charge in [0.2, 0.25) is 0 Å². The molecule has 1 rings (SSSR count). The van der Waals surface area contributed by atoms with E-state index < -0.39 is 0 Å². The molecule has 0 heterocycles. The van der Waals surface area contributed by atoms with Gasteiger partial charge in [0.1, 0.15) is 0 Å². The molecule has 3 N–H and O–H groups in total. The summed E-state index contributed by atoms with van der Waals surface area (Å²) >= 11 is 0. The van der Waals surface area contributed by atoms with Crippen molar-refractivity contribution in [1.82, 2.24) is 10.6 Å². The van der Waals surface area contributed by atoms with Crippen molar-refractivity contribution in [2.45, 2.75) is 20.3 Å². The highest BCUT2D eigenvalue weighted by atomic mass is 16.3. The zero-order valence-electron chi connectivity index (χ0n) is 8.27. The Bertz CT molecular complexity index is 256. The minimum absolute atomic E-state index is 0.0202. The molecule has 0 saturated heterocycles. The lowest BCUT2D eigenvalue weighted by atomic mass is 9.69. The van der Waals surface area contributed by atoms with E-state index in [1.807, 2.05) is 13.8 Å². The first-order chi connectivity index (χ1) is 6.01. The van der Waals surface area contributed by atoms with Crippen molar-refractivity contribution >= 4 is 6.03 Å². The number of hydrogen-bond acceptors (Lipinski definition) is 2. The van der Waals surface area contributed by atoms with Gasteiger partial charge in [0.05, 0.1) is 6.61 Å². The molecule has 2 amide bonds. The zero-order valence-corrected chi connectivity index (χ0v) is 8.27. The van der Waals surface area contributed by atoms with Gasteiger partial charge in [0.25, 0.3) is 0 Å². The van der Waals surface area contributed by atoms with Crippen LogP contribution in [0.2, 0.25) is 0 Å². The van der Waals surface area contributed by atoms with Crippen LogP contribution in [0.5, 0.6) is 0 Å². The molecule has 0 aromatic rings. The predicted molar refractivity (Wildman–Crippen MR) is 50.1 cm³/mol. The van der Waals surface area contributed by atoms with Crippen LogP contribution in [0.4, 0.5) is 4.79 Å². The third-order valence-corrected chi connectivity index (χ3v) is 2.45. The molecule has 0 aliphatic heterocycles. The summed E-state index contributed by atoms with van der Waals surface area (Å²) in [5, 5.41) is 14.2. The van der Waals surface area contributed by atoms with Gasteiger partial charge in [-0.15, -0.1) is 0 Å². The lowest BCUT2D eigenvalue weighted by Gasteiger charge is -2.39. The van der Waals surface area contributed by atoms with Gasteiger partial charge in [0.15, 0.2) is 0 Å². The second-order valence-corrected chi connectivity index (χ2v) is 3.88. The third kappa shape index (κ3) is 1.83. The smallest absolute Gasteiger partial charge is 0.318 e. The summed E-state index contributed by atoms with van der Waals surface area (Å²) < 4.78 is 0. The Kier molecular flexibility index (Phi) is 2.61. The number of allylic oxidation sites excluding steroid dienone is 1. The molecule has 0 saturated carbocycles. The number of urea groups is 1. The van der Waals surface area contributed by atoms with E-state index in [1.54, 1.807) is 7.05 Å². The Balaban J connectivity index is 2.67. The second-order valence-electron chi connectivity index (χ2n) is 3.88. The van der Waals surface area contributed by atoms with E-state index in [9.17, 15) is 4.79 Å². The first kappa shape index (κ1) is 10.1. The molecule has 0 unspecified atom stereocenters. The van der Waals surface area contributed by atoms with Gasteiger partial charge in [-0.3, -0.25) is 0 Å². The number of aliphatic hydroxyl groups excluding tert-OH is 1. The molecule has 0 fully saturated rings. The first-order valence-corrected chi connectivity index (χ1v) is 4.33. The van der Waals surface area contributed by atoms with Crippen molar-refractivity contribution in [2.75, 3.05) is 13.7 Å². The van der Waals surface area contributed by atoms with Crippen LogP contribution in [0, 0.1) is 5.41 Å². The van der Waals surface area contributed by atoms with E-state index in [0.29, 0.717) is 0 Å². The van der Waals surface area contributed by atoms with Crippen molar-refractivity contribution in [3.05, 3.63) is 11.3 Å². The molecule has 4 heteroatoms. The van der Waals surface area contributed by atoms with Crippen molar-refractivity contribution < 1.29 is 9.90 Å². The zero-order chi connectivity index (χ0) is 10.1. The Hall–Kier alpha value is -1.03. The summed E-state index contributed by atoms with van der Waals surface area (Å²) in [4.78, 5) is 10.9. The fourth-order valence-electron chi connectivity index (χ4n) is 1.59. The summed E-state index contributed by atoms with van der Waals surface area (Å²) in [6, 6.07) is -0.226. The Morgan fingerprint density at radius 2 is 2.23 bits per heavy atom. The fraction of sp³-hybridized carbons (Fsp3) is 0.667. The quantitative estimate of drug-likeness (QED) is 0.588. The van der Waals surface area contributed by atoms with E-state index in [0.717, 1.165) is 17.7 Å². The SMILES string of the molecule is CNC(=O)NC1=C(CO)C(C)(C)C1. The van der Waals surface area contributed by atoms with Crippen molar-refractivity contribution in [3.8, 4) is 0 Å². The van der Waals surface area contributed by atoms with Gasteiger partial charge in [-0.05, 0) is 17.4 Å². The summed E-state index contributed by atoms with van der Waals surface area (Å²) in [5.41, 5.74) is 1.81. The maximum atomic E-state index is 10.9. The molecule has 0 spiro atoms. The van der Waals surface area contributed by atoms with Crippen LogP contribution in [-0.2, 0) is 0 Å². The molecule has 0 radical (unpaired) electrons. The molecule has 4 nitrogen and oxygen atoms in total. The standard InChI is InChI=1S/C9H16N2O2/c1-9(2)4-7(6(9)5-12)11-8(13)10-3/h12H,4-5H2,1-3H3,(H2,10,11,13). The number of aliphatic hydroxyl groups is 1. The Morgan fingerprint density at radius 3 is 2.62 bits per heavy atom. The number of carbonyl (C=O) groups excluding carboxylic acids is 1. The van der Waals surface area contributed by atoms with E-state index in [4.69, 9.17) is 5.11 Å². The van der Waals surface area contributed by atoms with Gasteiger partial charge in [-0.25, -0.2) is 4.79 Å². The highest BCUT2D eigenvalue weighted by Gasteiger charge is 2.36. The number of rotatable bonds is 2. The van der Waals surface area contributed by atoms with Gasteiger partial charge in [0, 0.05) is 12.7 Å². The summed E-state index contributed by atoms with van der Waals surface area (Å²) in [5.74, 6) is 0. The van der Waals surface area contributed by atoms with Crippen LogP contribution in [0.3, 0.4) is 0 Å². The number of nitrogens with one attached hydrogen (secondary N) is 2. The van der Waals surface area contributed by atoms with Crippen molar-refractivity contribution in [2.24, 2.45) is 5.41 Å². The van der Waals surface area contributed by atoms with Crippen molar-refractivity contribution in [3.63, 3.8) is 0 Å². The van der Waals surface area contributed by atoms with Crippen LogP contribution in [0.25, 0.3) is 0 Å². The predicted octanol–water partition coefficient (Wildman–Crippen LogP) is 0.592. The van der Waals surface area contributed by atoms with Crippen LogP contribution >= 0.6 is 0 Å². The van der Waals surface area contributed by atoms with Crippen LogP contribution in [0.1, 0.15) is 20.3 Å². The molecule has 0 bridgehead atoms. The normalized spacial score (nSPS) is 19.4. The average Bonchev–Trinajstić information content (AvgIpc) is 2.03. The minimum Gasteiger partial charge on any atom is -0.392 e. The van der Waals surface area contributed by atoms with Crippen LogP contribution in [0.15, 0.2) is 11.3 Å². The summed E-state index contributed by atoms with van der Waals surface area (Å²) in [7, 11) is 1.57. The lowest BCUT2D eigenvalue weighted by molar-refractivity contribution is 0.232. The van der Waals surface area contributed by atoms with E-state index >= 15 is 0 Å². The van der Waals surface area contributed by atoms with E-state index in [-0.39, 0.29) is 18.1 Å². The highest BCUT2D eigenvalue weighted by Crippen LogP contribution is 2.43. The molecular formula is C9H16N2O2. The molecule has 74 valence electrons. The molecule has 0 aromatic carbocycles. The molecule has 1 aliphatic rings. The van der Waals surface area contributed by atoms with Gasteiger partial charge in [-0.2, -0.15) is 0 Å². The average molecular weight is 184 g/mol. The second kappa shape index (κ2) is 3.38. The molecule has 0 atom stereocenters. The Morgan fingerprint density at radius 1 is 1.62 bits per heavy atom. The monoisotopic (exact) mass is 184 g/mol. The maximum absolute atomic E-state index is 10.9. The minimum atomic E-state index is -0.226. The highest BCUT2D eigenvalue weighted by molar-refractivity contribution is 5.76. The Labute approximate surface area is 78.0 Å². The largest absolute Gasteiger partial charge is 0.392 e. The lowest BCUT2D eigenvalue weighted by Crippen LogP contribution is -2.41. The molecule has 13 heavy (non-hydrogen) atoms. The number of carbonyl (C=O) groups is 1. The first-order valence-electron chi connectivity index (χ1n) is 4.33. The van der Waals surface area contributed by atoms with Crippen LogP contribution in [-0.4, -0.2) is 24.8 Å². The van der Waals surface area contributed by atoms with E-state index in [2.05, 4.69) is 10.6 Å². The molecule has 0 aromatic heterocycles. The third-order valence-electron chi connectivity index (χ3n) is 2.45. The van der Waals surface area contributed by atoms with Gasteiger partial charge < -0.3 is 15.7 Å². The van der Waals surface area contributed by atoms with Crippen molar-refractivity contribution in [1.29, 1.82) is 0 Å². The molecule has 1 aliphatic carbocycles. The van der Waals surface area contributed by atoms with E-state index in [1.165, 1.54) is 0 Å². The van der Waals surface area contributed by atoms with Crippen LogP contribution < -0.4 is 10.6 Å². The summed E-state index contributed by atoms with van der Waals surface area (Å²) in [6.45, 7) is 4.12. The van der Waals surface area contributed by atoms with Gasteiger partial charge >= 0.3 is 6.03 Å². The molecular weight excluding hydrogens is 168 g/mol. The summed E-state index contributed by atoms with van der Waals surface area (Å²) in [6.07, 6.45) is 0.816. The number of hydrogen-bond donors (Lipinski definition) is 3. The fourth-order valence-corrected chi connectivity index (χ4v) is 1.59.